The van der Waals surface area contributed by atoms with Crippen molar-refractivity contribution < 1.29 is 13.9 Å². The van der Waals surface area contributed by atoms with Crippen molar-refractivity contribution in [3.63, 3.8) is 0 Å². The second-order valence-corrected chi connectivity index (χ2v) is 8.91. The molecule has 0 fully saturated rings. The van der Waals surface area contributed by atoms with E-state index in [4.69, 9.17) is 14.1 Å². The normalized spacial score (nSPS) is 11.6. The second-order valence-electron chi connectivity index (χ2n) is 7.07. The van der Waals surface area contributed by atoms with Gasteiger partial charge in [0.1, 0.15) is 11.1 Å². The Morgan fingerprint density at radius 2 is 2.19 bits per heavy atom. The molecule has 1 aromatic carbocycles. The molecule has 0 atom stereocenters. The van der Waals surface area contributed by atoms with Crippen LogP contribution in [-0.2, 0) is 16.1 Å². The molecule has 0 radical (unpaired) electrons. The number of fused-ring (bicyclic) bond motifs is 3. The molecule has 8 nitrogen and oxygen atoms in total. The maximum Gasteiger partial charge on any atom is 0.297 e. The summed E-state index contributed by atoms with van der Waals surface area (Å²) in [6, 6.07) is 7.41. The van der Waals surface area contributed by atoms with Crippen LogP contribution >= 0.6 is 23.1 Å². The smallest absolute Gasteiger partial charge is 0.297 e. The fourth-order valence-corrected chi connectivity index (χ4v) is 4.44. The first-order valence-electron chi connectivity index (χ1n) is 9.88. The number of thioether (sulfide) groups is 1. The Hall–Kier alpha value is -2.69. The lowest BCUT2D eigenvalue weighted by molar-refractivity contribution is -0.113. The van der Waals surface area contributed by atoms with E-state index in [1.807, 2.05) is 38.1 Å². The number of benzene rings is 1. The van der Waals surface area contributed by atoms with E-state index >= 15 is 0 Å². The Morgan fingerprint density at radius 3 is 2.97 bits per heavy atom. The van der Waals surface area contributed by atoms with Gasteiger partial charge in [-0.1, -0.05) is 23.9 Å². The molecule has 162 valence electrons. The maximum atomic E-state index is 13.2. The van der Waals surface area contributed by atoms with Crippen LogP contribution in [-0.4, -0.2) is 38.9 Å². The molecule has 0 aliphatic carbocycles. The van der Waals surface area contributed by atoms with Crippen LogP contribution in [0.15, 0.2) is 50.2 Å². The predicted molar refractivity (Wildman–Crippen MR) is 123 cm³/mol. The van der Waals surface area contributed by atoms with Crippen molar-refractivity contribution in [1.29, 1.82) is 0 Å². The van der Waals surface area contributed by atoms with Gasteiger partial charge in [-0.05, 0) is 32.4 Å². The number of aromatic nitrogens is 3. The summed E-state index contributed by atoms with van der Waals surface area (Å²) in [6.45, 7) is 4.88. The SMILES string of the molecule is CC(C)OCCCn1c(SCC(=O)Nc2nccs2)nc2c(oc3ccccc32)c1=O. The van der Waals surface area contributed by atoms with E-state index in [1.54, 1.807) is 16.1 Å². The summed E-state index contributed by atoms with van der Waals surface area (Å²) in [4.78, 5) is 34.3. The van der Waals surface area contributed by atoms with E-state index < -0.39 is 0 Å². The summed E-state index contributed by atoms with van der Waals surface area (Å²) in [5, 5.41) is 6.33. The number of thiazole rings is 1. The van der Waals surface area contributed by atoms with Gasteiger partial charge >= 0.3 is 0 Å². The molecular formula is C21H22N4O4S2. The van der Waals surface area contributed by atoms with Crippen LogP contribution in [0.2, 0.25) is 0 Å². The third-order valence-electron chi connectivity index (χ3n) is 4.44. The monoisotopic (exact) mass is 458 g/mol. The zero-order chi connectivity index (χ0) is 21.8. The highest BCUT2D eigenvalue weighted by Crippen LogP contribution is 2.27. The first kappa shape index (κ1) is 21.5. The number of amides is 1. The minimum Gasteiger partial charge on any atom is -0.448 e. The number of furan rings is 1. The summed E-state index contributed by atoms with van der Waals surface area (Å²) >= 11 is 2.57. The zero-order valence-electron chi connectivity index (χ0n) is 17.2. The quantitative estimate of drug-likeness (QED) is 0.229. The summed E-state index contributed by atoms with van der Waals surface area (Å²) < 4.78 is 13.0. The lowest BCUT2D eigenvalue weighted by Gasteiger charge is -2.12. The predicted octanol–water partition coefficient (Wildman–Crippen LogP) is 4.15. The van der Waals surface area contributed by atoms with Gasteiger partial charge in [0.15, 0.2) is 10.3 Å². The Kier molecular flexibility index (Phi) is 6.69. The molecule has 0 spiro atoms. The van der Waals surface area contributed by atoms with Gasteiger partial charge in [0.25, 0.3) is 5.56 Å². The third kappa shape index (κ3) is 4.97. The highest BCUT2D eigenvalue weighted by molar-refractivity contribution is 7.99. The number of nitrogens with one attached hydrogen (secondary N) is 1. The van der Waals surface area contributed by atoms with Crippen LogP contribution in [0.25, 0.3) is 22.1 Å². The molecule has 31 heavy (non-hydrogen) atoms. The number of anilines is 1. The molecule has 1 amide bonds. The lowest BCUT2D eigenvalue weighted by atomic mass is 10.2. The fraction of sp³-hybridized carbons (Fsp3) is 0.333. The lowest BCUT2D eigenvalue weighted by Crippen LogP contribution is -2.24. The molecule has 4 rings (SSSR count). The standard InChI is InChI=1S/C21H22N4O4S2/c1-13(2)28-10-5-9-25-19(27)18-17(14-6-3-4-7-15(14)29-18)24-21(25)31-12-16(26)23-20-22-8-11-30-20/h3-4,6-8,11,13H,5,9-10,12H2,1-2H3,(H,22,23,26). The van der Waals surface area contributed by atoms with Crippen molar-refractivity contribution in [1.82, 2.24) is 14.5 Å². The first-order chi connectivity index (χ1) is 15.0. The van der Waals surface area contributed by atoms with Crippen LogP contribution < -0.4 is 10.9 Å². The van der Waals surface area contributed by atoms with Crippen molar-refractivity contribution >= 4 is 56.2 Å². The Morgan fingerprint density at radius 1 is 1.35 bits per heavy atom. The van der Waals surface area contributed by atoms with E-state index in [1.165, 1.54) is 23.1 Å². The molecule has 0 aliphatic rings. The highest BCUT2D eigenvalue weighted by atomic mass is 32.2. The minimum absolute atomic E-state index is 0.107. The van der Waals surface area contributed by atoms with Crippen LogP contribution in [0.4, 0.5) is 5.13 Å². The highest BCUT2D eigenvalue weighted by Gasteiger charge is 2.18. The van der Waals surface area contributed by atoms with E-state index in [0.29, 0.717) is 41.0 Å². The molecule has 3 aromatic heterocycles. The van der Waals surface area contributed by atoms with Gasteiger partial charge in [0.2, 0.25) is 11.5 Å². The summed E-state index contributed by atoms with van der Waals surface area (Å²) in [5.74, 6) is -0.100. The van der Waals surface area contributed by atoms with Crippen molar-refractivity contribution in [3.05, 3.63) is 46.2 Å². The summed E-state index contributed by atoms with van der Waals surface area (Å²) in [7, 11) is 0. The fourth-order valence-electron chi connectivity index (χ4n) is 3.07. The molecule has 10 heteroatoms. The van der Waals surface area contributed by atoms with Gasteiger partial charge in [-0.15, -0.1) is 11.3 Å². The number of ether oxygens (including phenoxy) is 1. The minimum atomic E-state index is -0.256. The molecule has 0 saturated carbocycles. The number of nitrogens with zero attached hydrogens (tertiary/aromatic N) is 3. The molecule has 0 aliphatic heterocycles. The molecule has 0 saturated heterocycles. The number of carbonyl (C=O) groups excluding carboxylic acids is 1. The summed E-state index contributed by atoms with van der Waals surface area (Å²) in [5.41, 5.74) is 1.09. The molecule has 3 heterocycles. The zero-order valence-corrected chi connectivity index (χ0v) is 18.8. The number of para-hydroxylation sites is 1. The van der Waals surface area contributed by atoms with Crippen molar-refractivity contribution in [2.24, 2.45) is 0 Å². The van der Waals surface area contributed by atoms with Gasteiger partial charge in [-0.25, -0.2) is 9.97 Å². The number of hydrogen-bond donors (Lipinski definition) is 1. The van der Waals surface area contributed by atoms with Crippen LogP contribution in [0.3, 0.4) is 0 Å². The topological polar surface area (TPSA) is 99.2 Å². The summed E-state index contributed by atoms with van der Waals surface area (Å²) in [6.07, 6.45) is 2.39. The van der Waals surface area contributed by atoms with Crippen LogP contribution in [0, 0.1) is 0 Å². The first-order valence-corrected chi connectivity index (χ1v) is 11.8. The van der Waals surface area contributed by atoms with Crippen molar-refractivity contribution in [3.8, 4) is 0 Å². The van der Waals surface area contributed by atoms with Gasteiger partial charge in [0.05, 0.1) is 11.9 Å². The number of carbonyl (C=O) groups is 1. The van der Waals surface area contributed by atoms with E-state index in [-0.39, 0.29) is 28.9 Å². The molecular weight excluding hydrogens is 436 g/mol. The molecule has 4 aromatic rings. The molecule has 1 N–H and O–H groups in total. The van der Waals surface area contributed by atoms with Crippen molar-refractivity contribution in [2.45, 2.75) is 38.1 Å². The Labute approximate surface area is 186 Å². The number of rotatable bonds is 9. The number of hydrogen-bond acceptors (Lipinski definition) is 8. The third-order valence-corrected chi connectivity index (χ3v) is 6.10. The van der Waals surface area contributed by atoms with Gasteiger partial charge in [-0.3, -0.25) is 14.2 Å². The van der Waals surface area contributed by atoms with E-state index in [2.05, 4.69) is 10.3 Å². The van der Waals surface area contributed by atoms with E-state index in [0.717, 1.165) is 5.39 Å². The molecule has 0 bridgehead atoms. The second kappa shape index (κ2) is 9.63. The molecule has 0 unspecified atom stereocenters. The largest absolute Gasteiger partial charge is 0.448 e. The average molecular weight is 459 g/mol. The van der Waals surface area contributed by atoms with Crippen LogP contribution in [0.5, 0.6) is 0 Å². The Bertz CT molecular complexity index is 1250. The van der Waals surface area contributed by atoms with Crippen molar-refractivity contribution in [2.75, 3.05) is 17.7 Å². The van der Waals surface area contributed by atoms with E-state index in [9.17, 15) is 9.59 Å². The van der Waals surface area contributed by atoms with Gasteiger partial charge < -0.3 is 14.5 Å². The average Bonchev–Trinajstić information content (AvgIpc) is 3.39. The van der Waals surface area contributed by atoms with Crippen LogP contribution in [0.1, 0.15) is 20.3 Å². The van der Waals surface area contributed by atoms with Gasteiger partial charge in [-0.2, -0.15) is 0 Å². The Balaban J connectivity index is 1.62. The maximum absolute atomic E-state index is 13.2. The van der Waals surface area contributed by atoms with Gasteiger partial charge in [0, 0.05) is 30.1 Å².